The van der Waals surface area contributed by atoms with Crippen LogP contribution in [0.15, 0.2) is 43.0 Å². The van der Waals surface area contributed by atoms with Crippen molar-refractivity contribution in [3.63, 3.8) is 0 Å². The van der Waals surface area contributed by atoms with Crippen molar-refractivity contribution < 1.29 is 14.6 Å². The van der Waals surface area contributed by atoms with Crippen LogP contribution in [0.4, 0.5) is 0 Å². The van der Waals surface area contributed by atoms with Gasteiger partial charge in [-0.3, -0.25) is 0 Å². The number of aryl methyl sites for hydroxylation is 2. The van der Waals surface area contributed by atoms with Gasteiger partial charge in [0, 0.05) is 23.1 Å². The van der Waals surface area contributed by atoms with Gasteiger partial charge in [-0.15, -0.1) is 0 Å². The molecule has 0 amide bonds. The van der Waals surface area contributed by atoms with E-state index in [2.05, 4.69) is 40.3 Å². The first-order valence-corrected chi connectivity index (χ1v) is 8.82. The Hall–Kier alpha value is -2.55. The van der Waals surface area contributed by atoms with Gasteiger partial charge in [-0.2, -0.15) is 0 Å². The lowest BCUT2D eigenvalue weighted by Crippen LogP contribution is -2.18. The smallest absolute Gasteiger partial charge is 0.335 e. The molecule has 1 N–H and O–H groups in total. The average molecular weight is 352 g/mol. The van der Waals surface area contributed by atoms with Gasteiger partial charge in [0.05, 0.1) is 0 Å². The topological polar surface area (TPSA) is 46.5 Å². The highest BCUT2D eigenvalue weighted by molar-refractivity contribution is 5.84. The Morgan fingerprint density at radius 3 is 2.27 bits per heavy atom. The molecule has 0 spiro atoms. The van der Waals surface area contributed by atoms with E-state index in [1.807, 2.05) is 26.0 Å². The summed E-state index contributed by atoms with van der Waals surface area (Å²) in [5.74, 6) is 0.302. The zero-order chi connectivity index (χ0) is 19.6. The zero-order valence-corrected chi connectivity index (χ0v) is 16.5. The number of hydrogen-bond acceptors (Lipinski definition) is 3. The van der Waals surface area contributed by atoms with Crippen LogP contribution in [0, 0.1) is 13.8 Å². The molecule has 0 aliphatic heterocycles. The number of benzene rings is 2. The largest absolute Gasteiger partial charge is 0.508 e. The van der Waals surface area contributed by atoms with Gasteiger partial charge in [0.2, 0.25) is 0 Å². The first-order valence-electron chi connectivity index (χ1n) is 8.82. The molecule has 0 aliphatic carbocycles. The van der Waals surface area contributed by atoms with Crippen LogP contribution < -0.4 is 4.74 Å². The van der Waals surface area contributed by atoms with Crippen LogP contribution in [-0.2, 0) is 10.2 Å². The summed E-state index contributed by atoms with van der Waals surface area (Å²) < 4.78 is 5.69. The summed E-state index contributed by atoms with van der Waals surface area (Å²) in [7, 11) is 0. The predicted molar refractivity (Wildman–Crippen MR) is 106 cm³/mol. The van der Waals surface area contributed by atoms with Crippen molar-refractivity contribution in [3.8, 4) is 11.5 Å². The van der Waals surface area contributed by atoms with Crippen LogP contribution in [0.5, 0.6) is 11.5 Å². The minimum atomic E-state index is -0.472. The number of carbonyl (C=O) groups excluding carboxylic acids is 1. The molecule has 3 nitrogen and oxygen atoms in total. The molecule has 0 bridgehead atoms. The third kappa shape index (κ3) is 4.34. The Balaban J connectivity index is 2.70. The second-order valence-electron chi connectivity index (χ2n) is 7.93. The van der Waals surface area contributed by atoms with Crippen LogP contribution in [0.25, 0.3) is 0 Å². The third-order valence-corrected chi connectivity index (χ3v) is 4.49. The van der Waals surface area contributed by atoms with Gasteiger partial charge < -0.3 is 9.84 Å². The van der Waals surface area contributed by atoms with E-state index in [1.54, 1.807) is 12.1 Å². The van der Waals surface area contributed by atoms with Crippen molar-refractivity contribution in [2.24, 2.45) is 0 Å². The molecular weight excluding hydrogens is 324 g/mol. The summed E-state index contributed by atoms with van der Waals surface area (Å²) in [6, 6.07) is 9.64. The summed E-state index contributed by atoms with van der Waals surface area (Å²) in [6.07, 6.45) is 1.18. The maximum atomic E-state index is 12.0. The van der Waals surface area contributed by atoms with Crippen molar-refractivity contribution in [3.05, 3.63) is 70.8 Å². The molecule has 2 aromatic carbocycles. The molecule has 0 heterocycles. The minimum Gasteiger partial charge on any atom is -0.508 e. The van der Waals surface area contributed by atoms with E-state index in [9.17, 15) is 9.90 Å². The van der Waals surface area contributed by atoms with E-state index in [0.717, 1.165) is 27.8 Å². The molecule has 0 saturated heterocycles. The summed E-state index contributed by atoms with van der Waals surface area (Å²) in [4.78, 5) is 12.0. The molecule has 0 saturated carbocycles. The molecule has 0 aliphatic rings. The monoisotopic (exact) mass is 352 g/mol. The van der Waals surface area contributed by atoms with Crippen LogP contribution in [0.3, 0.4) is 0 Å². The van der Waals surface area contributed by atoms with Gasteiger partial charge in [-0.1, -0.05) is 58.0 Å². The van der Waals surface area contributed by atoms with Crippen LogP contribution in [-0.4, -0.2) is 11.1 Å². The fourth-order valence-corrected chi connectivity index (χ4v) is 3.16. The normalized spacial score (nSPS) is 12.5. The van der Waals surface area contributed by atoms with Crippen molar-refractivity contribution in [2.75, 3.05) is 0 Å². The molecule has 1 atom stereocenters. The van der Waals surface area contributed by atoms with Gasteiger partial charge in [0.1, 0.15) is 11.5 Å². The molecule has 138 valence electrons. The number of rotatable bonds is 4. The predicted octanol–water partition coefficient (Wildman–Crippen LogP) is 5.55. The highest BCUT2D eigenvalue weighted by Crippen LogP contribution is 2.41. The average Bonchev–Trinajstić information content (AvgIpc) is 2.53. The van der Waals surface area contributed by atoms with E-state index in [0.29, 0.717) is 5.75 Å². The van der Waals surface area contributed by atoms with Gasteiger partial charge in [-0.25, -0.2) is 4.79 Å². The van der Waals surface area contributed by atoms with E-state index in [4.69, 9.17) is 4.74 Å². The van der Waals surface area contributed by atoms with Gasteiger partial charge in [0.15, 0.2) is 0 Å². The lowest BCUT2D eigenvalue weighted by Gasteiger charge is -2.27. The number of carbonyl (C=O) groups is 1. The number of phenolic OH excluding ortho intramolecular Hbond substituents is 1. The van der Waals surface area contributed by atoms with E-state index >= 15 is 0 Å². The standard InChI is InChI=1S/C23H28O3/c1-8-21(25)26-22-19(11-15(3)12-20(22)23(5,6)7)16(4)17-9-14(2)10-18(24)13-17/h8-13,16,24H,1H2,2-7H3. The number of phenols is 1. The Morgan fingerprint density at radius 1 is 1.12 bits per heavy atom. The van der Waals surface area contributed by atoms with Crippen LogP contribution >= 0.6 is 0 Å². The summed E-state index contributed by atoms with van der Waals surface area (Å²) in [5, 5.41) is 9.98. The first kappa shape index (κ1) is 19.8. The molecule has 2 rings (SSSR count). The summed E-state index contributed by atoms with van der Waals surface area (Å²) >= 11 is 0. The number of aromatic hydroxyl groups is 1. The molecular formula is C23H28O3. The van der Waals surface area contributed by atoms with E-state index in [-0.39, 0.29) is 17.1 Å². The van der Waals surface area contributed by atoms with Gasteiger partial charge >= 0.3 is 5.97 Å². The molecule has 26 heavy (non-hydrogen) atoms. The quantitative estimate of drug-likeness (QED) is 0.446. The fourth-order valence-electron chi connectivity index (χ4n) is 3.16. The zero-order valence-electron chi connectivity index (χ0n) is 16.5. The molecule has 0 aromatic heterocycles. The molecule has 0 fully saturated rings. The second kappa shape index (κ2) is 7.36. The fraction of sp³-hybridized carbons (Fsp3) is 0.348. The lowest BCUT2D eigenvalue weighted by atomic mass is 9.81. The lowest BCUT2D eigenvalue weighted by molar-refractivity contribution is -0.129. The SMILES string of the molecule is C=CC(=O)Oc1c(C(C)c2cc(C)cc(O)c2)cc(C)cc1C(C)(C)C. The van der Waals surface area contributed by atoms with E-state index < -0.39 is 5.97 Å². The van der Waals surface area contributed by atoms with Crippen LogP contribution in [0.1, 0.15) is 61.4 Å². The van der Waals surface area contributed by atoms with E-state index in [1.165, 1.54) is 6.08 Å². The second-order valence-corrected chi connectivity index (χ2v) is 7.93. The van der Waals surface area contributed by atoms with Gasteiger partial charge in [0.25, 0.3) is 0 Å². The third-order valence-electron chi connectivity index (χ3n) is 4.49. The summed E-state index contributed by atoms with van der Waals surface area (Å²) in [6.45, 7) is 15.9. The number of esters is 1. The summed E-state index contributed by atoms with van der Waals surface area (Å²) in [5.41, 5.74) is 4.78. The Morgan fingerprint density at radius 2 is 1.73 bits per heavy atom. The Bertz CT molecular complexity index is 821. The Kier molecular flexibility index (Phi) is 5.60. The molecule has 3 heteroatoms. The van der Waals surface area contributed by atoms with Crippen molar-refractivity contribution in [2.45, 2.75) is 52.9 Å². The molecule has 1 unspecified atom stereocenters. The maximum Gasteiger partial charge on any atom is 0.335 e. The highest BCUT2D eigenvalue weighted by Gasteiger charge is 2.26. The highest BCUT2D eigenvalue weighted by atomic mass is 16.5. The van der Waals surface area contributed by atoms with Crippen molar-refractivity contribution >= 4 is 5.97 Å². The van der Waals surface area contributed by atoms with Crippen LogP contribution in [0.2, 0.25) is 0 Å². The minimum absolute atomic E-state index is 0.0468. The molecule has 2 aromatic rings. The molecule has 0 radical (unpaired) electrons. The Labute approximate surface area is 156 Å². The van der Waals surface area contributed by atoms with Gasteiger partial charge in [-0.05, 0) is 42.5 Å². The maximum absolute atomic E-state index is 12.0. The number of hydrogen-bond donors (Lipinski definition) is 1. The van der Waals surface area contributed by atoms with Crippen molar-refractivity contribution in [1.29, 1.82) is 0 Å². The van der Waals surface area contributed by atoms with Crippen molar-refractivity contribution in [1.82, 2.24) is 0 Å². The first-order chi connectivity index (χ1) is 12.0. The number of ether oxygens (including phenoxy) is 1.